The molecule has 1 N–H and O–H groups in total. The first-order valence-corrected chi connectivity index (χ1v) is 6.57. The van der Waals surface area contributed by atoms with E-state index in [0.29, 0.717) is 5.69 Å². The summed E-state index contributed by atoms with van der Waals surface area (Å²) in [4.78, 5) is 14.7. The average molecular weight is 258 g/mol. The number of hydrogen-bond acceptors (Lipinski definition) is 5. The number of ether oxygens (including phenoxy) is 1. The van der Waals surface area contributed by atoms with E-state index in [2.05, 4.69) is 14.4 Å². The molecule has 17 heavy (non-hydrogen) atoms. The molecule has 0 aliphatic rings. The van der Waals surface area contributed by atoms with Crippen LogP contribution in [0, 0.1) is 6.92 Å². The summed E-state index contributed by atoms with van der Waals surface area (Å²) in [5, 5.41) is 0. The Kier molecular flexibility index (Phi) is 4.45. The van der Waals surface area contributed by atoms with Crippen LogP contribution < -0.4 is 4.72 Å². The van der Waals surface area contributed by atoms with E-state index in [1.165, 1.54) is 13.3 Å². The Morgan fingerprint density at radius 2 is 2.18 bits per heavy atom. The first-order chi connectivity index (χ1) is 7.93. The normalized spacial score (nSPS) is 10.9. The number of carbonyl (C=O) groups is 1. The van der Waals surface area contributed by atoms with E-state index in [0.717, 1.165) is 5.56 Å². The fourth-order valence-corrected chi connectivity index (χ4v) is 2.17. The van der Waals surface area contributed by atoms with Crippen LogP contribution in [0.4, 0.5) is 5.69 Å². The van der Waals surface area contributed by atoms with Gasteiger partial charge < -0.3 is 4.74 Å². The number of sulfonamides is 1. The van der Waals surface area contributed by atoms with E-state index < -0.39 is 16.0 Å². The predicted molar refractivity (Wildman–Crippen MR) is 63.0 cm³/mol. The van der Waals surface area contributed by atoms with E-state index in [4.69, 9.17) is 0 Å². The maximum atomic E-state index is 11.6. The molecule has 0 bridgehead atoms. The summed E-state index contributed by atoms with van der Waals surface area (Å²) in [5.74, 6) is -0.870. The SMILES string of the molecule is COC(=O)CCS(=O)(=O)Nc1cncc(C)c1. The standard InChI is InChI=1S/C10H14N2O4S/c1-8-5-9(7-11-6-8)12-17(14,15)4-3-10(13)16-2/h5-7,12H,3-4H2,1-2H3. The highest BCUT2D eigenvalue weighted by Crippen LogP contribution is 2.10. The van der Waals surface area contributed by atoms with E-state index in [9.17, 15) is 13.2 Å². The van der Waals surface area contributed by atoms with Crippen LogP contribution in [0.3, 0.4) is 0 Å². The molecule has 0 atom stereocenters. The van der Waals surface area contributed by atoms with Crippen molar-refractivity contribution in [3.63, 3.8) is 0 Å². The topological polar surface area (TPSA) is 85.4 Å². The summed E-state index contributed by atoms with van der Waals surface area (Å²) in [7, 11) is -2.33. The summed E-state index contributed by atoms with van der Waals surface area (Å²) in [6.45, 7) is 1.80. The third-order valence-electron chi connectivity index (χ3n) is 1.95. The predicted octanol–water partition coefficient (Wildman–Crippen LogP) is 0.695. The smallest absolute Gasteiger partial charge is 0.306 e. The van der Waals surface area contributed by atoms with Crippen molar-refractivity contribution in [2.75, 3.05) is 17.6 Å². The maximum absolute atomic E-state index is 11.6. The van der Waals surface area contributed by atoms with Crippen LogP contribution in [0.25, 0.3) is 0 Å². The molecular weight excluding hydrogens is 244 g/mol. The van der Waals surface area contributed by atoms with E-state index >= 15 is 0 Å². The summed E-state index contributed by atoms with van der Waals surface area (Å²) >= 11 is 0. The average Bonchev–Trinajstić information content (AvgIpc) is 2.25. The molecule has 0 saturated carbocycles. The van der Waals surface area contributed by atoms with Gasteiger partial charge in [-0.3, -0.25) is 14.5 Å². The molecule has 0 spiro atoms. The number of carbonyl (C=O) groups excluding carboxylic acids is 1. The summed E-state index contributed by atoms with van der Waals surface area (Å²) in [6, 6.07) is 1.66. The number of rotatable bonds is 5. The zero-order chi connectivity index (χ0) is 12.9. The Morgan fingerprint density at radius 3 is 2.76 bits per heavy atom. The van der Waals surface area contributed by atoms with Gasteiger partial charge in [0.15, 0.2) is 0 Å². The second-order valence-electron chi connectivity index (χ2n) is 3.50. The molecule has 0 aliphatic carbocycles. The largest absolute Gasteiger partial charge is 0.469 e. The molecule has 1 aromatic rings. The molecule has 0 unspecified atom stereocenters. The Labute approximate surface area is 100 Å². The molecule has 1 aromatic heterocycles. The molecule has 6 nitrogen and oxygen atoms in total. The fraction of sp³-hybridized carbons (Fsp3) is 0.400. The van der Waals surface area contributed by atoms with Gasteiger partial charge in [0.2, 0.25) is 10.0 Å². The molecule has 0 aliphatic heterocycles. The van der Waals surface area contributed by atoms with Gasteiger partial charge in [-0.15, -0.1) is 0 Å². The Balaban J connectivity index is 2.64. The van der Waals surface area contributed by atoms with Crippen LogP contribution in [0.1, 0.15) is 12.0 Å². The van der Waals surface area contributed by atoms with Gasteiger partial charge in [0, 0.05) is 6.20 Å². The van der Waals surface area contributed by atoms with E-state index in [-0.39, 0.29) is 12.2 Å². The molecule has 0 amide bonds. The Morgan fingerprint density at radius 1 is 1.47 bits per heavy atom. The van der Waals surface area contributed by atoms with Crippen molar-refractivity contribution in [3.05, 3.63) is 24.0 Å². The second-order valence-corrected chi connectivity index (χ2v) is 5.34. The van der Waals surface area contributed by atoms with Gasteiger partial charge in [-0.2, -0.15) is 0 Å². The lowest BCUT2D eigenvalue weighted by molar-refractivity contribution is -0.140. The summed E-state index contributed by atoms with van der Waals surface area (Å²) in [5.41, 5.74) is 1.23. The molecule has 7 heteroatoms. The number of anilines is 1. The highest BCUT2D eigenvalue weighted by atomic mass is 32.2. The van der Waals surface area contributed by atoms with Crippen LogP contribution in [0.15, 0.2) is 18.5 Å². The number of nitrogens with one attached hydrogen (secondary N) is 1. The van der Waals surface area contributed by atoms with Crippen molar-refractivity contribution in [2.45, 2.75) is 13.3 Å². The lowest BCUT2D eigenvalue weighted by Gasteiger charge is -2.07. The van der Waals surface area contributed by atoms with Crippen molar-refractivity contribution in [3.8, 4) is 0 Å². The van der Waals surface area contributed by atoms with Crippen molar-refractivity contribution in [1.29, 1.82) is 0 Å². The van der Waals surface area contributed by atoms with E-state index in [1.54, 1.807) is 19.2 Å². The van der Waals surface area contributed by atoms with Gasteiger partial charge >= 0.3 is 5.97 Å². The van der Waals surface area contributed by atoms with Crippen molar-refractivity contribution in [1.82, 2.24) is 4.98 Å². The number of nitrogens with zero attached hydrogens (tertiary/aromatic N) is 1. The quantitative estimate of drug-likeness (QED) is 0.785. The summed E-state index contributed by atoms with van der Waals surface area (Å²) < 4.78 is 29.9. The zero-order valence-electron chi connectivity index (χ0n) is 9.63. The minimum atomic E-state index is -3.55. The first-order valence-electron chi connectivity index (χ1n) is 4.92. The third kappa shape index (κ3) is 4.81. The third-order valence-corrected chi connectivity index (χ3v) is 3.24. The minimum Gasteiger partial charge on any atom is -0.469 e. The molecule has 0 fully saturated rings. The molecule has 0 saturated heterocycles. The Hall–Kier alpha value is -1.63. The van der Waals surface area contributed by atoms with Gasteiger partial charge in [0.25, 0.3) is 0 Å². The minimum absolute atomic E-state index is 0.176. The summed E-state index contributed by atoms with van der Waals surface area (Å²) in [6.07, 6.45) is 2.85. The van der Waals surface area contributed by atoms with Crippen LogP contribution in [-0.4, -0.2) is 32.2 Å². The highest BCUT2D eigenvalue weighted by molar-refractivity contribution is 7.92. The van der Waals surface area contributed by atoms with Crippen molar-refractivity contribution >= 4 is 21.7 Å². The number of methoxy groups -OCH3 is 1. The van der Waals surface area contributed by atoms with Gasteiger partial charge in [0.05, 0.1) is 31.2 Å². The first kappa shape index (κ1) is 13.4. The van der Waals surface area contributed by atoms with Crippen LogP contribution in [0.5, 0.6) is 0 Å². The molecule has 1 heterocycles. The molecule has 1 rings (SSSR count). The number of pyridine rings is 1. The zero-order valence-corrected chi connectivity index (χ0v) is 10.5. The lowest BCUT2D eigenvalue weighted by Crippen LogP contribution is -2.19. The van der Waals surface area contributed by atoms with E-state index in [1.807, 2.05) is 0 Å². The Bertz CT molecular complexity index is 499. The fourth-order valence-electron chi connectivity index (χ4n) is 1.16. The number of hydrogen-bond donors (Lipinski definition) is 1. The maximum Gasteiger partial charge on any atom is 0.306 e. The monoisotopic (exact) mass is 258 g/mol. The highest BCUT2D eigenvalue weighted by Gasteiger charge is 2.13. The number of aryl methyl sites for hydroxylation is 1. The van der Waals surface area contributed by atoms with Crippen molar-refractivity contribution in [2.24, 2.45) is 0 Å². The van der Waals surface area contributed by atoms with Gasteiger partial charge in [0.1, 0.15) is 0 Å². The second kappa shape index (κ2) is 5.62. The van der Waals surface area contributed by atoms with Crippen LogP contribution >= 0.6 is 0 Å². The molecule has 0 radical (unpaired) electrons. The van der Waals surface area contributed by atoms with Crippen LogP contribution in [-0.2, 0) is 19.6 Å². The van der Waals surface area contributed by atoms with Crippen LogP contribution in [0.2, 0.25) is 0 Å². The van der Waals surface area contributed by atoms with Gasteiger partial charge in [-0.25, -0.2) is 8.42 Å². The van der Waals surface area contributed by atoms with Crippen molar-refractivity contribution < 1.29 is 17.9 Å². The lowest BCUT2D eigenvalue weighted by atomic mass is 10.3. The van der Waals surface area contributed by atoms with Gasteiger partial charge in [-0.05, 0) is 18.6 Å². The molecule has 94 valence electrons. The molecule has 0 aromatic carbocycles. The number of aromatic nitrogens is 1. The molecular formula is C10H14N2O4S. The number of esters is 1. The van der Waals surface area contributed by atoms with Gasteiger partial charge in [-0.1, -0.05) is 0 Å².